The number of carboxylic acids is 1. The minimum absolute atomic E-state index is 0.0437. The number of carboxylic acid groups (broad SMARTS) is 1. The van der Waals surface area contributed by atoms with Gasteiger partial charge in [-0.25, -0.2) is 9.59 Å². The van der Waals surface area contributed by atoms with E-state index in [1.807, 2.05) is 43.3 Å². The molecule has 0 saturated heterocycles. The SMILES string of the molecule is CC[C@@H](NC(=O)C(C)(CC)CNC(=O)OCC1c2ccccc2-c2ccccc21)C(=O)O. The van der Waals surface area contributed by atoms with Crippen molar-refractivity contribution in [1.29, 1.82) is 0 Å². The van der Waals surface area contributed by atoms with Crippen LogP contribution in [0.4, 0.5) is 4.79 Å². The average molecular weight is 439 g/mol. The van der Waals surface area contributed by atoms with Gasteiger partial charge in [-0.05, 0) is 42.0 Å². The van der Waals surface area contributed by atoms with Gasteiger partial charge in [-0.15, -0.1) is 0 Å². The van der Waals surface area contributed by atoms with Crippen molar-refractivity contribution >= 4 is 18.0 Å². The molecule has 2 aromatic rings. The van der Waals surface area contributed by atoms with Crippen LogP contribution >= 0.6 is 0 Å². The predicted octanol–water partition coefficient (Wildman–Crippen LogP) is 3.92. The number of nitrogens with one attached hydrogen (secondary N) is 2. The highest BCUT2D eigenvalue weighted by atomic mass is 16.5. The van der Waals surface area contributed by atoms with E-state index < -0.39 is 29.4 Å². The zero-order chi connectivity index (χ0) is 23.3. The molecule has 0 aromatic heterocycles. The van der Waals surface area contributed by atoms with Crippen LogP contribution in [0.1, 0.15) is 50.7 Å². The molecule has 7 nitrogen and oxygen atoms in total. The fraction of sp³-hybridized carbons (Fsp3) is 0.400. The fourth-order valence-electron chi connectivity index (χ4n) is 3.95. The quantitative estimate of drug-likeness (QED) is 0.550. The highest BCUT2D eigenvalue weighted by Gasteiger charge is 2.35. The van der Waals surface area contributed by atoms with Crippen LogP contribution in [-0.2, 0) is 14.3 Å². The molecule has 0 radical (unpaired) electrons. The van der Waals surface area contributed by atoms with Gasteiger partial charge in [0.15, 0.2) is 0 Å². The van der Waals surface area contributed by atoms with E-state index in [2.05, 4.69) is 22.8 Å². The van der Waals surface area contributed by atoms with Crippen molar-refractivity contribution in [2.45, 2.75) is 45.6 Å². The van der Waals surface area contributed by atoms with E-state index in [1.165, 1.54) is 0 Å². The van der Waals surface area contributed by atoms with E-state index in [0.717, 1.165) is 22.3 Å². The van der Waals surface area contributed by atoms with Gasteiger partial charge in [-0.1, -0.05) is 62.4 Å². The number of aliphatic carboxylic acids is 1. The van der Waals surface area contributed by atoms with Crippen molar-refractivity contribution in [3.8, 4) is 11.1 Å². The number of amides is 2. The fourth-order valence-corrected chi connectivity index (χ4v) is 3.95. The predicted molar refractivity (Wildman–Crippen MR) is 121 cm³/mol. The van der Waals surface area contributed by atoms with Crippen molar-refractivity contribution in [3.05, 3.63) is 59.7 Å². The third-order valence-corrected chi connectivity index (χ3v) is 6.31. The number of hydrogen-bond donors (Lipinski definition) is 3. The van der Waals surface area contributed by atoms with Gasteiger partial charge in [0, 0.05) is 12.5 Å². The summed E-state index contributed by atoms with van der Waals surface area (Å²) in [5.41, 5.74) is 3.60. The van der Waals surface area contributed by atoms with Gasteiger partial charge >= 0.3 is 12.1 Å². The summed E-state index contributed by atoms with van der Waals surface area (Å²) in [5, 5.41) is 14.4. The Kier molecular flexibility index (Phi) is 7.18. The average Bonchev–Trinajstić information content (AvgIpc) is 3.13. The van der Waals surface area contributed by atoms with E-state index in [4.69, 9.17) is 4.74 Å². The van der Waals surface area contributed by atoms with Crippen LogP contribution in [-0.4, -0.2) is 42.3 Å². The monoisotopic (exact) mass is 438 g/mol. The van der Waals surface area contributed by atoms with Gasteiger partial charge in [0.25, 0.3) is 0 Å². The maximum atomic E-state index is 12.7. The Morgan fingerprint density at radius 3 is 2.09 bits per heavy atom. The third kappa shape index (κ3) is 4.77. The first-order valence-electron chi connectivity index (χ1n) is 10.9. The Bertz CT molecular complexity index is 960. The summed E-state index contributed by atoms with van der Waals surface area (Å²) in [6.45, 7) is 5.44. The molecule has 3 N–H and O–H groups in total. The van der Waals surface area contributed by atoms with Gasteiger partial charge in [-0.2, -0.15) is 0 Å². The first-order valence-corrected chi connectivity index (χ1v) is 10.9. The minimum atomic E-state index is -1.08. The van der Waals surface area contributed by atoms with Crippen molar-refractivity contribution in [1.82, 2.24) is 10.6 Å². The number of benzene rings is 2. The molecule has 0 bridgehead atoms. The van der Waals surface area contributed by atoms with Crippen LogP contribution in [0.25, 0.3) is 11.1 Å². The number of rotatable bonds is 9. The topological polar surface area (TPSA) is 105 Å². The Morgan fingerprint density at radius 2 is 1.59 bits per heavy atom. The zero-order valence-corrected chi connectivity index (χ0v) is 18.7. The molecular weight excluding hydrogens is 408 g/mol. The summed E-state index contributed by atoms with van der Waals surface area (Å²) in [4.78, 5) is 36.3. The van der Waals surface area contributed by atoms with E-state index in [0.29, 0.717) is 6.42 Å². The highest BCUT2D eigenvalue weighted by molar-refractivity contribution is 5.87. The molecule has 170 valence electrons. The smallest absolute Gasteiger partial charge is 0.407 e. The second-order valence-corrected chi connectivity index (χ2v) is 8.37. The van der Waals surface area contributed by atoms with Gasteiger partial charge in [-0.3, -0.25) is 4.79 Å². The molecule has 3 rings (SSSR count). The number of ether oxygens (including phenoxy) is 1. The Hall–Kier alpha value is -3.35. The second kappa shape index (κ2) is 9.85. The standard InChI is InChI=1S/C25H30N2O5/c1-4-21(22(28)29)27-23(30)25(3,5-2)15-26-24(31)32-14-20-18-12-8-6-10-16(18)17-11-7-9-13-19(17)20/h6-13,20-21H,4-5,14-15H2,1-3H3,(H,26,31)(H,27,30)(H,28,29)/t21-,25?/m1/s1. The van der Waals surface area contributed by atoms with E-state index >= 15 is 0 Å². The molecule has 7 heteroatoms. The molecule has 0 heterocycles. The summed E-state index contributed by atoms with van der Waals surface area (Å²) in [7, 11) is 0. The molecule has 2 aromatic carbocycles. The van der Waals surface area contributed by atoms with Crippen LogP contribution in [0.2, 0.25) is 0 Å². The summed E-state index contributed by atoms with van der Waals surface area (Å²) in [6, 6.07) is 15.2. The molecular formula is C25H30N2O5. The van der Waals surface area contributed by atoms with E-state index in [1.54, 1.807) is 13.8 Å². The number of carbonyl (C=O) groups excluding carboxylic acids is 2. The maximum Gasteiger partial charge on any atom is 0.407 e. The lowest BCUT2D eigenvalue weighted by Crippen LogP contribution is -2.51. The summed E-state index contributed by atoms with van der Waals surface area (Å²) < 4.78 is 5.52. The van der Waals surface area contributed by atoms with Crippen LogP contribution in [0.5, 0.6) is 0 Å². The van der Waals surface area contributed by atoms with Crippen LogP contribution in [0.15, 0.2) is 48.5 Å². The van der Waals surface area contributed by atoms with Crippen molar-refractivity contribution in [2.75, 3.05) is 13.2 Å². The van der Waals surface area contributed by atoms with Crippen LogP contribution in [0.3, 0.4) is 0 Å². The lowest BCUT2D eigenvalue weighted by molar-refractivity contribution is -0.143. The molecule has 0 saturated carbocycles. The van der Waals surface area contributed by atoms with Gasteiger partial charge in [0.05, 0.1) is 5.41 Å². The Balaban J connectivity index is 1.60. The maximum absolute atomic E-state index is 12.7. The highest BCUT2D eigenvalue weighted by Crippen LogP contribution is 2.44. The third-order valence-electron chi connectivity index (χ3n) is 6.31. The molecule has 1 aliphatic carbocycles. The van der Waals surface area contributed by atoms with Gasteiger partial charge in [0.1, 0.15) is 12.6 Å². The lowest BCUT2D eigenvalue weighted by Gasteiger charge is -2.28. The first-order chi connectivity index (χ1) is 15.3. The molecule has 1 unspecified atom stereocenters. The molecule has 0 fully saturated rings. The lowest BCUT2D eigenvalue weighted by atomic mass is 9.86. The van der Waals surface area contributed by atoms with E-state index in [-0.39, 0.29) is 25.5 Å². The summed E-state index contributed by atoms with van der Waals surface area (Å²) >= 11 is 0. The van der Waals surface area contributed by atoms with Crippen LogP contribution in [0, 0.1) is 5.41 Å². The van der Waals surface area contributed by atoms with Gasteiger partial charge < -0.3 is 20.5 Å². The summed E-state index contributed by atoms with van der Waals surface area (Å²) in [6.07, 6.45) is 0.101. The second-order valence-electron chi connectivity index (χ2n) is 8.37. The molecule has 0 aliphatic heterocycles. The Labute approximate surface area is 188 Å². The van der Waals surface area contributed by atoms with Crippen molar-refractivity contribution in [2.24, 2.45) is 5.41 Å². The normalized spacial score (nSPS) is 15.1. The van der Waals surface area contributed by atoms with Gasteiger partial charge in [0.2, 0.25) is 5.91 Å². The van der Waals surface area contributed by atoms with Crippen LogP contribution < -0.4 is 10.6 Å². The van der Waals surface area contributed by atoms with Crippen molar-refractivity contribution < 1.29 is 24.2 Å². The summed E-state index contributed by atoms with van der Waals surface area (Å²) in [5.74, 6) is -1.54. The first kappa shape index (κ1) is 23.3. The molecule has 2 amide bonds. The molecule has 2 atom stereocenters. The zero-order valence-electron chi connectivity index (χ0n) is 18.7. The largest absolute Gasteiger partial charge is 0.480 e. The minimum Gasteiger partial charge on any atom is -0.480 e. The van der Waals surface area contributed by atoms with E-state index in [9.17, 15) is 19.5 Å². The number of alkyl carbamates (subject to hydrolysis) is 1. The number of hydrogen-bond acceptors (Lipinski definition) is 4. The molecule has 0 spiro atoms. The number of fused-ring (bicyclic) bond motifs is 3. The number of carbonyl (C=O) groups is 3. The Morgan fingerprint density at radius 1 is 1.03 bits per heavy atom. The molecule has 32 heavy (non-hydrogen) atoms. The van der Waals surface area contributed by atoms with Crippen molar-refractivity contribution in [3.63, 3.8) is 0 Å². The molecule has 1 aliphatic rings.